The normalized spacial score (nSPS) is 11.1. The summed E-state index contributed by atoms with van der Waals surface area (Å²) in [6, 6.07) is 0. The summed E-state index contributed by atoms with van der Waals surface area (Å²) in [7, 11) is 1.45. The Hall–Kier alpha value is -0.830. The van der Waals surface area contributed by atoms with E-state index in [9.17, 15) is 4.79 Å². The van der Waals surface area contributed by atoms with Crippen LogP contribution >= 0.6 is 0 Å². The molecule has 0 unspecified atom stereocenters. The fourth-order valence-corrected chi connectivity index (χ4v) is 2.24. The van der Waals surface area contributed by atoms with Crippen molar-refractivity contribution in [1.82, 2.24) is 0 Å². The van der Waals surface area contributed by atoms with Gasteiger partial charge in [0.25, 0.3) is 0 Å². The van der Waals surface area contributed by atoms with Crippen LogP contribution in [0, 0.1) is 0 Å². The quantitative estimate of drug-likeness (QED) is 0.292. The molecule has 118 valence electrons. The molecule has 0 saturated heterocycles. The Bertz CT molecular complexity index is 236. The third-order valence-electron chi connectivity index (χ3n) is 3.50. The molecule has 0 aromatic carbocycles. The minimum absolute atomic E-state index is 0.0844. The van der Waals surface area contributed by atoms with Gasteiger partial charge in [0.2, 0.25) is 0 Å². The van der Waals surface area contributed by atoms with Crippen LogP contribution in [0.4, 0.5) is 0 Å². The first-order valence-corrected chi connectivity index (χ1v) is 8.14. The summed E-state index contributed by atoms with van der Waals surface area (Å²) < 4.78 is 4.61. The summed E-state index contributed by atoms with van der Waals surface area (Å²) in [6.45, 7) is 0.166. The van der Waals surface area contributed by atoms with Crippen molar-refractivity contribution in [2.45, 2.75) is 77.0 Å². The number of hydrogen-bond donors (Lipinski definition) is 1. The zero-order valence-electron chi connectivity index (χ0n) is 13.1. The van der Waals surface area contributed by atoms with Gasteiger partial charge >= 0.3 is 5.97 Å². The van der Waals surface area contributed by atoms with Gasteiger partial charge in [0.1, 0.15) is 0 Å². The molecule has 3 heteroatoms. The number of rotatable bonds is 14. The number of hydrogen-bond acceptors (Lipinski definition) is 3. The molecule has 0 rings (SSSR count). The Balaban J connectivity index is 3.02. The lowest BCUT2D eigenvalue weighted by Gasteiger charge is -2.02. The molecule has 0 aromatic heterocycles. The molecule has 0 spiro atoms. The molecule has 0 fully saturated rings. The summed E-state index contributed by atoms with van der Waals surface area (Å²) in [5, 5.41) is 8.57. The predicted molar refractivity (Wildman–Crippen MR) is 83.6 cm³/mol. The first kappa shape index (κ1) is 19.2. The van der Waals surface area contributed by atoms with Crippen LogP contribution in [0.2, 0.25) is 0 Å². The van der Waals surface area contributed by atoms with Crippen molar-refractivity contribution in [3.63, 3.8) is 0 Å². The minimum atomic E-state index is -0.0844. The highest BCUT2D eigenvalue weighted by molar-refractivity contribution is 5.68. The van der Waals surface area contributed by atoms with Gasteiger partial charge < -0.3 is 9.84 Å². The first-order chi connectivity index (χ1) is 9.81. The minimum Gasteiger partial charge on any atom is -0.469 e. The van der Waals surface area contributed by atoms with Gasteiger partial charge in [-0.1, -0.05) is 63.5 Å². The number of methoxy groups -OCH3 is 1. The number of carbonyl (C=O) groups is 1. The number of aliphatic hydroxyl groups is 1. The van der Waals surface area contributed by atoms with E-state index >= 15 is 0 Å². The van der Waals surface area contributed by atoms with E-state index in [-0.39, 0.29) is 12.6 Å². The van der Waals surface area contributed by atoms with Crippen molar-refractivity contribution in [2.24, 2.45) is 0 Å². The van der Waals surface area contributed by atoms with Crippen LogP contribution in [0.15, 0.2) is 12.2 Å². The summed E-state index contributed by atoms with van der Waals surface area (Å²) in [5.74, 6) is -0.0844. The second-order valence-corrected chi connectivity index (χ2v) is 5.30. The van der Waals surface area contributed by atoms with Crippen LogP contribution in [0.3, 0.4) is 0 Å². The second-order valence-electron chi connectivity index (χ2n) is 5.30. The molecule has 0 aromatic rings. The van der Waals surface area contributed by atoms with Crippen LogP contribution in [-0.2, 0) is 9.53 Å². The van der Waals surface area contributed by atoms with Gasteiger partial charge in [0, 0.05) is 6.42 Å². The Kier molecular flexibility index (Phi) is 15.6. The van der Waals surface area contributed by atoms with Gasteiger partial charge in [-0.2, -0.15) is 0 Å². The molecular weight excluding hydrogens is 252 g/mol. The van der Waals surface area contributed by atoms with Gasteiger partial charge in [-0.25, -0.2) is 0 Å². The molecule has 0 saturated carbocycles. The van der Waals surface area contributed by atoms with Gasteiger partial charge in [-0.3, -0.25) is 4.79 Å². The molecule has 0 aliphatic rings. The van der Waals surface area contributed by atoms with Gasteiger partial charge in [0.15, 0.2) is 0 Å². The van der Waals surface area contributed by atoms with Gasteiger partial charge in [-0.15, -0.1) is 0 Å². The molecule has 0 radical (unpaired) electrons. The van der Waals surface area contributed by atoms with Crippen molar-refractivity contribution >= 4 is 5.97 Å². The van der Waals surface area contributed by atoms with E-state index in [2.05, 4.69) is 10.8 Å². The standard InChI is InChI=1S/C17H32O3/c1-20-17(19)15-13-11-9-7-5-3-2-4-6-8-10-12-14-16-18/h12,14,18H,2-11,13,15-16H2,1H3. The molecule has 0 heterocycles. The topological polar surface area (TPSA) is 46.5 Å². The van der Waals surface area contributed by atoms with Gasteiger partial charge in [0.05, 0.1) is 13.7 Å². The third kappa shape index (κ3) is 15.2. The Morgan fingerprint density at radius 1 is 0.850 bits per heavy atom. The number of carbonyl (C=O) groups excluding carboxylic acids is 1. The average Bonchev–Trinajstić information content (AvgIpc) is 2.47. The van der Waals surface area contributed by atoms with E-state index in [1.54, 1.807) is 0 Å². The van der Waals surface area contributed by atoms with Crippen molar-refractivity contribution < 1.29 is 14.6 Å². The van der Waals surface area contributed by atoms with E-state index < -0.39 is 0 Å². The van der Waals surface area contributed by atoms with E-state index in [1.807, 2.05) is 6.08 Å². The molecule has 20 heavy (non-hydrogen) atoms. The first-order valence-electron chi connectivity index (χ1n) is 8.14. The largest absolute Gasteiger partial charge is 0.469 e. The number of aliphatic hydroxyl groups excluding tert-OH is 1. The highest BCUT2D eigenvalue weighted by atomic mass is 16.5. The monoisotopic (exact) mass is 284 g/mol. The van der Waals surface area contributed by atoms with Crippen LogP contribution in [-0.4, -0.2) is 24.8 Å². The van der Waals surface area contributed by atoms with Crippen molar-refractivity contribution in [2.75, 3.05) is 13.7 Å². The van der Waals surface area contributed by atoms with E-state index in [0.29, 0.717) is 6.42 Å². The lowest BCUT2D eigenvalue weighted by atomic mass is 10.1. The predicted octanol–water partition coefficient (Wildman–Crippen LogP) is 4.39. The second kappa shape index (κ2) is 16.2. The zero-order valence-corrected chi connectivity index (χ0v) is 13.1. The lowest BCUT2D eigenvalue weighted by Crippen LogP contribution is -1.99. The Labute approximate surface area is 124 Å². The SMILES string of the molecule is COC(=O)CCCCCCCCCCCCC=CCO. The molecular formula is C17H32O3. The van der Waals surface area contributed by atoms with Crippen molar-refractivity contribution in [3.05, 3.63) is 12.2 Å². The summed E-state index contributed by atoms with van der Waals surface area (Å²) in [6.07, 6.45) is 18.1. The number of allylic oxidation sites excluding steroid dienone is 1. The average molecular weight is 284 g/mol. The Morgan fingerprint density at radius 3 is 1.85 bits per heavy atom. The smallest absolute Gasteiger partial charge is 0.305 e. The molecule has 0 bridgehead atoms. The molecule has 0 atom stereocenters. The third-order valence-corrected chi connectivity index (χ3v) is 3.50. The molecule has 0 aliphatic carbocycles. The van der Waals surface area contributed by atoms with E-state index in [4.69, 9.17) is 5.11 Å². The maximum atomic E-state index is 10.9. The van der Waals surface area contributed by atoms with Crippen molar-refractivity contribution in [3.8, 4) is 0 Å². The molecule has 0 aliphatic heterocycles. The number of unbranched alkanes of at least 4 members (excludes halogenated alkanes) is 10. The highest BCUT2D eigenvalue weighted by Crippen LogP contribution is 2.12. The van der Waals surface area contributed by atoms with E-state index in [0.717, 1.165) is 19.3 Å². The molecule has 0 amide bonds. The molecule has 3 nitrogen and oxygen atoms in total. The maximum absolute atomic E-state index is 10.9. The fraction of sp³-hybridized carbons (Fsp3) is 0.824. The van der Waals surface area contributed by atoms with E-state index in [1.165, 1.54) is 58.5 Å². The summed E-state index contributed by atoms with van der Waals surface area (Å²) in [5.41, 5.74) is 0. The van der Waals surface area contributed by atoms with Crippen molar-refractivity contribution in [1.29, 1.82) is 0 Å². The van der Waals surface area contributed by atoms with Crippen LogP contribution < -0.4 is 0 Å². The lowest BCUT2D eigenvalue weighted by molar-refractivity contribution is -0.140. The Morgan fingerprint density at radius 2 is 1.35 bits per heavy atom. The zero-order chi connectivity index (χ0) is 14.9. The number of esters is 1. The summed E-state index contributed by atoms with van der Waals surface area (Å²) >= 11 is 0. The maximum Gasteiger partial charge on any atom is 0.305 e. The highest BCUT2D eigenvalue weighted by Gasteiger charge is 1.99. The molecule has 1 N–H and O–H groups in total. The van der Waals surface area contributed by atoms with Crippen LogP contribution in [0.25, 0.3) is 0 Å². The fourth-order valence-electron chi connectivity index (χ4n) is 2.24. The van der Waals surface area contributed by atoms with Gasteiger partial charge in [-0.05, 0) is 19.3 Å². The summed E-state index contributed by atoms with van der Waals surface area (Å²) in [4.78, 5) is 10.9. The number of ether oxygens (including phenoxy) is 1. The van der Waals surface area contributed by atoms with Crippen LogP contribution in [0.1, 0.15) is 77.0 Å². The van der Waals surface area contributed by atoms with Crippen LogP contribution in [0.5, 0.6) is 0 Å².